The molecule has 0 aliphatic rings. The maximum Gasteiger partial charge on any atom is 0.412 e. The Bertz CT molecular complexity index is 749. The van der Waals surface area contributed by atoms with Crippen LogP contribution in [-0.2, 0) is 9.47 Å². The predicted octanol–water partition coefficient (Wildman–Crippen LogP) is 3.62. The van der Waals surface area contributed by atoms with Crippen molar-refractivity contribution in [2.24, 2.45) is 0 Å². The summed E-state index contributed by atoms with van der Waals surface area (Å²) < 4.78 is 12.3. The quantitative estimate of drug-likeness (QED) is 0.818. The van der Waals surface area contributed by atoms with E-state index in [0.29, 0.717) is 21.2 Å². The molecular formula is C15H18BrN3O4. The third-order valence-corrected chi connectivity index (χ3v) is 3.37. The molecule has 124 valence electrons. The molecule has 0 aliphatic heterocycles. The van der Waals surface area contributed by atoms with E-state index in [-0.39, 0.29) is 6.61 Å². The first-order valence-electron chi connectivity index (χ1n) is 7.05. The standard InChI is InChI=1S/C15H18BrN3O4/c1-5-22-13(20)9-7-17-19-8-10(16)11(6-12(9)19)18-14(21)23-15(2,3)4/h6-8H,5H2,1-4H3,(H,18,21). The minimum absolute atomic E-state index is 0.274. The smallest absolute Gasteiger partial charge is 0.412 e. The first kappa shape index (κ1) is 17.3. The number of anilines is 1. The number of hydrogen-bond acceptors (Lipinski definition) is 5. The van der Waals surface area contributed by atoms with Crippen LogP contribution in [0, 0.1) is 0 Å². The van der Waals surface area contributed by atoms with Gasteiger partial charge in [0.15, 0.2) is 0 Å². The van der Waals surface area contributed by atoms with Crippen molar-refractivity contribution in [2.75, 3.05) is 11.9 Å². The molecule has 2 aromatic heterocycles. The summed E-state index contributed by atoms with van der Waals surface area (Å²) in [5, 5.41) is 6.75. The highest BCUT2D eigenvalue weighted by Gasteiger charge is 2.19. The Morgan fingerprint density at radius 2 is 2.09 bits per heavy atom. The van der Waals surface area contributed by atoms with Crippen molar-refractivity contribution < 1.29 is 19.1 Å². The highest BCUT2D eigenvalue weighted by molar-refractivity contribution is 9.10. The number of fused-ring (bicyclic) bond motifs is 1. The number of aromatic nitrogens is 2. The van der Waals surface area contributed by atoms with Crippen molar-refractivity contribution in [1.82, 2.24) is 9.61 Å². The third kappa shape index (κ3) is 4.22. The molecule has 2 aromatic rings. The normalized spacial score (nSPS) is 11.3. The molecule has 1 amide bonds. The van der Waals surface area contributed by atoms with Crippen molar-refractivity contribution in [3.05, 3.63) is 28.5 Å². The van der Waals surface area contributed by atoms with E-state index in [1.54, 1.807) is 40.0 Å². The summed E-state index contributed by atoms with van der Waals surface area (Å²) in [7, 11) is 0. The Hall–Kier alpha value is -2.09. The van der Waals surface area contributed by atoms with Gasteiger partial charge in [-0.1, -0.05) is 0 Å². The Morgan fingerprint density at radius 1 is 1.39 bits per heavy atom. The number of hydrogen-bond donors (Lipinski definition) is 1. The van der Waals surface area contributed by atoms with Crippen LogP contribution in [-0.4, -0.2) is 33.9 Å². The van der Waals surface area contributed by atoms with Gasteiger partial charge in [0.25, 0.3) is 0 Å². The van der Waals surface area contributed by atoms with Gasteiger partial charge in [0.05, 0.1) is 28.5 Å². The predicted molar refractivity (Wildman–Crippen MR) is 88.7 cm³/mol. The first-order valence-corrected chi connectivity index (χ1v) is 7.84. The third-order valence-electron chi connectivity index (χ3n) is 2.74. The monoisotopic (exact) mass is 383 g/mol. The molecule has 0 fully saturated rings. The van der Waals surface area contributed by atoms with E-state index in [1.165, 1.54) is 10.7 Å². The Kier molecular flexibility index (Phi) is 4.93. The molecule has 0 radical (unpaired) electrons. The number of nitrogens with zero attached hydrogens (tertiary/aromatic N) is 2. The molecule has 7 nitrogen and oxygen atoms in total. The molecule has 2 rings (SSSR count). The number of nitrogens with one attached hydrogen (secondary N) is 1. The van der Waals surface area contributed by atoms with Crippen LogP contribution in [0.3, 0.4) is 0 Å². The van der Waals surface area contributed by atoms with Crippen LogP contribution < -0.4 is 5.32 Å². The molecule has 0 aliphatic carbocycles. The molecule has 0 atom stereocenters. The fourth-order valence-electron chi connectivity index (χ4n) is 1.88. The van der Waals surface area contributed by atoms with Crippen LogP contribution in [0.25, 0.3) is 5.52 Å². The van der Waals surface area contributed by atoms with Gasteiger partial charge in [-0.25, -0.2) is 14.1 Å². The Labute approximate surface area is 142 Å². The second-order valence-electron chi connectivity index (χ2n) is 5.77. The lowest BCUT2D eigenvalue weighted by Gasteiger charge is -2.20. The largest absolute Gasteiger partial charge is 0.462 e. The van der Waals surface area contributed by atoms with Crippen LogP contribution >= 0.6 is 15.9 Å². The van der Waals surface area contributed by atoms with Gasteiger partial charge < -0.3 is 9.47 Å². The van der Waals surface area contributed by atoms with Gasteiger partial charge in [-0.3, -0.25) is 5.32 Å². The van der Waals surface area contributed by atoms with Crippen molar-refractivity contribution in [2.45, 2.75) is 33.3 Å². The van der Waals surface area contributed by atoms with Gasteiger partial charge in [0, 0.05) is 6.20 Å². The zero-order chi connectivity index (χ0) is 17.2. The van der Waals surface area contributed by atoms with Gasteiger partial charge in [0.2, 0.25) is 0 Å². The second kappa shape index (κ2) is 6.57. The Morgan fingerprint density at radius 3 is 2.70 bits per heavy atom. The maximum absolute atomic E-state index is 11.9. The molecule has 0 saturated carbocycles. The van der Waals surface area contributed by atoms with Gasteiger partial charge in [-0.05, 0) is 49.7 Å². The molecule has 1 N–H and O–H groups in total. The van der Waals surface area contributed by atoms with Crippen molar-refractivity contribution in [1.29, 1.82) is 0 Å². The highest BCUT2D eigenvalue weighted by atomic mass is 79.9. The molecular weight excluding hydrogens is 366 g/mol. The zero-order valence-electron chi connectivity index (χ0n) is 13.3. The second-order valence-corrected chi connectivity index (χ2v) is 6.62. The maximum atomic E-state index is 11.9. The summed E-state index contributed by atoms with van der Waals surface area (Å²) in [6.07, 6.45) is 2.49. The van der Waals surface area contributed by atoms with Crippen LogP contribution in [0.15, 0.2) is 22.9 Å². The lowest BCUT2D eigenvalue weighted by atomic mass is 10.2. The number of amides is 1. The molecule has 8 heteroatoms. The first-order chi connectivity index (χ1) is 10.7. The van der Waals surface area contributed by atoms with E-state index in [0.717, 1.165) is 0 Å². The number of halogens is 1. The summed E-state index contributed by atoms with van der Waals surface area (Å²) in [4.78, 5) is 23.8. The lowest BCUT2D eigenvalue weighted by molar-refractivity contribution is 0.0528. The number of ether oxygens (including phenoxy) is 2. The van der Waals surface area contributed by atoms with Crippen LogP contribution in [0.4, 0.5) is 10.5 Å². The topological polar surface area (TPSA) is 81.9 Å². The molecule has 23 heavy (non-hydrogen) atoms. The van der Waals surface area contributed by atoms with Crippen molar-refractivity contribution in [3.63, 3.8) is 0 Å². The van der Waals surface area contributed by atoms with E-state index < -0.39 is 17.7 Å². The zero-order valence-corrected chi connectivity index (χ0v) is 14.9. The lowest BCUT2D eigenvalue weighted by Crippen LogP contribution is -2.27. The summed E-state index contributed by atoms with van der Waals surface area (Å²) in [5.74, 6) is -0.465. The molecule has 2 heterocycles. The average molecular weight is 384 g/mol. The Balaban J connectivity index is 2.33. The summed E-state index contributed by atoms with van der Waals surface area (Å²) in [6.45, 7) is 7.34. The van der Waals surface area contributed by atoms with E-state index in [4.69, 9.17) is 9.47 Å². The van der Waals surface area contributed by atoms with E-state index in [9.17, 15) is 9.59 Å². The highest BCUT2D eigenvalue weighted by Crippen LogP contribution is 2.26. The molecule has 0 spiro atoms. The molecule has 0 aromatic carbocycles. The fraction of sp³-hybridized carbons (Fsp3) is 0.400. The summed E-state index contributed by atoms with van der Waals surface area (Å²) >= 11 is 3.36. The summed E-state index contributed by atoms with van der Waals surface area (Å²) in [5.41, 5.74) is 0.718. The van der Waals surface area contributed by atoms with E-state index in [1.807, 2.05) is 0 Å². The van der Waals surface area contributed by atoms with Gasteiger partial charge >= 0.3 is 12.1 Å². The minimum Gasteiger partial charge on any atom is -0.462 e. The molecule has 0 bridgehead atoms. The van der Waals surface area contributed by atoms with E-state index in [2.05, 4.69) is 26.3 Å². The number of carbonyl (C=O) groups excluding carboxylic acids is 2. The molecule has 0 unspecified atom stereocenters. The van der Waals surface area contributed by atoms with Crippen molar-refractivity contribution in [3.8, 4) is 0 Å². The van der Waals surface area contributed by atoms with Crippen molar-refractivity contribution >= 4 is 39.2 Å². The van der Waals surface area contributed by atoms with Gasteiger partial charge in [0.1, 0.15) is 11.2 Å². The number of rotatable bonds is 3. The number of esters is 1. The van der Waals surface area contributed by atoms with Gasteiger partial charge in [-0.2, -0.15) is 5.10 Å². The summed E-state index contributed by atoms with van der Waals surface area (Å²) in [6, 6.07) is 1.63. The van der Waals surface area contributed by atoms with E-state index >= 15 is 0 Å². The average Bonchev–Trinajstić information content (AvgIpc) is 2.80. The number of carbonyl (C=O) groups is 2. The van der Waals surface area contributed by atoms with Crippen LogP contribution in [0.1, 0.15) is 38.1 Å². The van der Waals surface area contributed by atoms with Gasteiger partial charge in [-0.15, -0.1) is 0 Å². The SMILES string of the molecule is CCOC(=O)c1cnn2cc(Br)c(NC(=O)OC(C)(C)C)cc12. The number of pyridine rings is 1. The minimum atomic E-state index is -0.604. The van der Waals surface area contributed by atoms with Crippen LogP contribution in [0.5, 0.6) is 0 Å². The van der Waals surface area contributed by atoms with Crippen LogP contribution in [0.2, 0.25) is 0 Å². The fourth-order valence-corrected chi connectivity index (χ4v) is 2.28. The molecule has 0 saturated heterocycles.